The predicted molar refractivity (Wildman–Crippen MR) is 85.7 cm³/mol. The molecule has 0 unspecified atom stereocenters. The van der Waals surface area contributed by atoms with Crippen molar-refractivity contribution in [1.29, 1.82) is 5.26 Å². The molecule has 2 aromatic carbocycles. The first-order valence-corrected chi connectivity index (χ1v) is 7.29. The maximum absolute atomic E-state index is 12.9. The number of methoxy groups -OCH3 is 1. The first-order chi connectivity index (χ1) is 11.6. The van der Waals surface area contributed by atoms with Crippen LogP contribution in [-0.2, 0) is 9.53 Å². The van der Waals surface area contributed by atoms with Gasteiger partial charge in [-0.3, -0.25) is 4.79 Å². The number of carbonyl (C=O) groups is 2. The van der Waals surface area contributed by atoms with Crippen LogP contribution in [0.2, 0.25) is 0 Å². The summed E-state index contributed by atoms with van der Waals surface area (Å²) < 4.78 is 10.4. The van der Waals surface area contributed by atoms with Crippen molar-refractivity contribution in [2.75, 3.05) is 18.6 Å². The summed E-state index contributed by atoms with van der Waals surface area (Å²) in [4.78, 5) is 26.2. The standard InChI is InChI=1S/C18H14N2O4/c1-23-18(22)16-11-20(14-4-2-3-5-15(14)24-16)17(21)13-8-6-12(10-19)7-9-13/h2-9,16H,11H2,1H3/t16-/m0/s1. The van der Waals surface area contributed by atoms with E-state index in [9.17, 15) is 9.59 Å². The molecular weight excluding hydrogens is 308 g/mol. The van der Waals surface area contributed by atoms with Gasteiger partial charge in [-0.25, -0.2) is 4.79 Å². The van der Waals surface area contributed by atoms with Gasteiger partial charge in [0.15, 0.2) is 0 Å². The molecule has 2 aromatic rings. The lowest BCUT2D eigenvalue weighted by molar-refractivity contribution is -0.148. The molecule has 3 rings (SSSR count). The molecule has 1 heterocycles. The number of hydrogen-bond donors (Lipinski definition) is 0. The highest BCUT2D eigenvalue weighted by Gasteiger charge is 2.34. The number of fused-ring (bicyclic) bond motifs is 1. The second-order valence-electron chi connectivity index (χ2n) is 5.20. The normalized spacial score (nSPS) is 15.7. The van der Waals surface area contributed by atoms with Gasteiger partial charge in [-0.1, -0.05) is 12.1 Å². The van der Waals surface area contributed by atoms with Gasteiger partial charge in [0.05, 0.1) is 31.0 Å². The number of ether oxygens (including phenoxy) is 2. The average Bonchev–Trinajstić information content (AvgIpc) is 2.66. The second-order valence-corrected chi connectivity index (χ2v) is 5.20. The molecular formula is C18H14N2O4. The molecule has 0 N–H and O–H groups in total. The summed E-state index contributed by atoms with van der Waals surface area (Å²) in [6.07, 6.45) is -0.882. The molecule has 0 aliphatic carbocycles. The van der Waals surface area contributed by atoms with E-state index in [1.807, 2.05) is 6.07 Å². The van der Waals surface area contributed by atoms with Gasteiger partial charge < -0.3 is 14.4 Å². The highest BCUT2D eigenvalue weighted by atomic mass is 16.6. The van der Waals surface area contributed by atoms with E-state index in [-0.39, 0.29) is 12.5 Å². The Morgan fingerprint density at radius 2 is 1.92 bits per heavy atom. The maximum Gasteiger partial charge on any atom is 0.348 e. The number of nitriles is 1. The molecule has 0 saturated heterocycles. The van der Waals surface area contributed by atoms with E-state index in [4.69, 9.17) is 14.7 Å². The molecule has 1 atom stereocenters. The van der Waals surface area contributed by atoms with Crippen LogP contribution in [0.4, 0.5) is 5.69 Å². The van der Waals surface area contributed by atoms with Crippen molar-refractivity contribution in [1.82, 2.24) is 0 Å². The summed E-state index contributed by atoms with van der Waals surface area (Å²) in [6, 6.07) is 15.4. The number of rotatable bonds is 2. The first-order valence-electron chi connectivity index (χ1n) is 7.29. The van der Waals surface area contributed by atoms with Crippen LogP contribution in [0.5, 0.6) is 5.75 Å². The van der Waals surface area contributed by atoms with E-state index >= 15 is 0 Å². The number of para-hydroxylation sites is 2. The second kappa shape index (κ2) is 6.42. The van der Waals surface area contributed by atoms with Crippen LogP contribution in [0.3, 0.4) is 0 Å². The lowest BCUT2D eigenvalue weighted by Gasteiger charge is -2.33. The van der Waals surface area contributed by atoms with Crippen molar-refractivity contribution in [3.05, 3.63) is 59.7 Å². The lowest BCUT2D eigenvalue weighted by Crippen LogP contribution is -2.47. The number of carbonyl (C=O) groups excluding carboxylic acids is 2. The Balaban J connectivity index is 1.96. The molecule has 1 aliphatic heterocycles. The Hall–Kier alpha value is -3.33. The monoisotopic (exact) mass is 322 g/mol. The van der Waals surface area contributed by atoms with Crippen LogP contribution in [0.1, 0.15) is 15.9 Å². The summed E-state index contributed by atoms with van der Waals surface area (Å²) in [5.74, 6) is -0.368. The van der Waals surface area contributed by atoms with Gasteiger partial charge in [0.1, 0.15) is 5.75 Å². The van der Waals surface area contributed by atoms with E-state index in [1.165, 1.54) is 12.0 Å². The Kier molecular flexibility index (Phi) is 4.17. The van der Waals surface area contributed by atoms with Crippen molar-refractivity contribution in [2.24, 2.45) is 0 Å². The van der Waals surface area contributed by atoms with Gasteiger partial charge in [-0.2, -0.15) is 5.26 Å². The van der Waals surface area contributed by atoms with E-state index in [1.54, 1.807) is 48.5 Å². The van der Waals surface area contributed by atoms with Gasteiger partial charge in [-0.05, 0) is 36.4 Å². The van der Waals surface area contributed by atoms with E-state index < -0.39 is 12.1 Å². The third-order valence-electron chi connectivity index (χ3n) is 3.74. The van der Waals surface area contributed by atoms with Crippen molar-refractivity contribution in [3.8, 4) is 11.8 Å². The molecule has 120 valence electrons. The Morgan fingerprint density at radius 1 is 1.21 bits per heavy atom. The van der Waals surface area contributed by atoms with Gasteiger partial charge in [-0.15, -0.1) is 0 Å². The Labute approximate surface area is 138 Å². The fourth-order valence-electron chi connectivity index (χ4n) is 2.52. The zero-order chi connectivity index (χ0) is 17.1. The van der Waals surface area contributed by atoms with Gasteiger partial charge in [0, 0.05) is 5.56 Å². The fraction of sp³-hybridized carbons (Fsp3) is 0.167. The molecule has 6 heteroatoms. The molecule has 0 fully saturated rings. The van der Waals surface area contributed by atoms with Crippen LogP contribution in [0.15, 0.2) is 48.5 Å². The SMILES string of the molecule is COC(=O)[C@@H]1CN(C(=O)c2ccc(C#N)cc2)c2ccccc2O1. The first kappa shape index (κ1) is 15.6. The van der Waals surface area contributed by atoms with Gasteiger partial charge in [0.25, 0.3) is 5.91 Å². The van der Waals surface area contributed by atoms with Crippen LogP contribution in [-0.4, -0.2) is 31.6 Å². The number of esters is 1. The quantitative estimate of drug-likeness (QED) is 0.791. The smallest absolute Gasteiger partial charge is 0.348 e. The van der Waals surface area contributed by atoms with Gasteiger partial charge in [0.2, 0.25) is 6.10 Å². The van der Waals surface area contributed by atoms with Crippen LogP contribution in [0, 0.1) is 11.3 Å². The van der Waals surface area contributed by atoms with Crippen molar-refractivity contribution in [2.45, 2.75) is 6.10 Å². The fourth-order valence-corrected chi connectivity index (χ4v) is 2.52. The zero-order valence-electron chi connectivity index (χ0n) is 12.9. The molecule has 0 radical (unpaired) electrons. The van der Waals surface area contributed by atoms with Crippen LogP contribution < -0.4 is 9.64 Å². The molecule has 0 bridgehead atoms. The number of anilines is 1. The predicted octanol–water partition coefficient (Wildman–Crippen LogP) is 2.14. The molecule has 0 aromatic heterocycles. The molecule has 24 heavy (non-hydrogen) atoms. The minimum Gasteiger partial charge on any atom is -0.475 e. The third kappa shape index (κ3) is 2.79. The minimum absolute atomic E-state index is 0.0581. The molecule has 0 spiro atoms. The van der Waals surface area contributed by atoms with Crippen LogP contribution >= 0.6 is 0 Å². The molecule has 6 nitrogen and oxygen atoms in total. The highest BCUT2D eigenvalue weighted by Crippen LogP contribution is 2.34. The van der Waals surface area contributed by atoms with Crippen molar-refractivity contribution in [3.63, 3.8) is 0 Å². The molecule has 1 amide bonds. The lowest BCUT2D eigenvalue weighted by atomic mass is 10.1. The average molecular weight is 322 g/mol. The number of hydrogen-bond acceptors (Lipinski definition) is 5. The number of nitrogens with zero attached hydrogens (tertiary/aromatic N) is 2. The largest absolute Gasteiger partial charge is 0.475 e. The summed E-state index contributed by atoms with van der Waals surface area (Å²) in [7, 11) is 1.28. The van der Waals surface area contributed by atoms with E-state index in [0.717, 1.165) is 0 Å². The topological polar surface area (TPSA) is 79.6 Å². The van der Waals surface area contributed by atoms with Crippen LogP contribution in [0.25, 0.3) is 0 Å². The Bertz CT molecular complexity index is 824. The summed E-state index contributed by atoms with van der Waals surface area (Å²) in [5, 5.41) is 8.86. The summed E-state index contributed by atoms with van der Waals surface area (Å²) >= 11 is 0. The third-order valence-corrected chi connectivity index (χ3v) is 3.74. The van der Waals surface area contributed by atoms with Gasteiger partial charge >= 0.3 is 5.97 Å². The molecule has 0 saturated carbocycles. The van der Waals surface area contributed by atoms with Crippen molar-refractivity contribution >= 4 is 17.6 Å². The summed E-state index contributed by atoms with van der Waals surface area (Å²) in [6.45, 7) is 0.0581. The minimum atomic E-state index is -0.882. The van der Waals surface area contributed by atoms with Crippen molar-refractivity contribution < 1.29 is 19.1 Å². The zero-order valence-corrected chi connectivity index (χ0v) is 12.9. The highest BCUT2D eigenvalue weighted by molar-refractivity contribution is 6.07. The maximum atomic E-state index is 12.9. The summed E-state index contributed by atoms with van der Waals surface area (Å²) in [5.41, 5.74) is 1.49. The number of benzene rings is 2. The van der Waals surface area contributed by atoms with E-state index in [2.05, 4.69) is 0 Å². The molecule has 1 aliphatic rings. The number of amides is 1. The Morgan fingerprint density at radius 3 is 2.58 bits per heavy atom. The van der Waals surface area contributed by atoms with E-state index in [0.29, 0.717) is 22.6 Å².